The van der Waals surface area contributed by atoms with Crippen molar-refractivity contribution in [2.75, 3.05) is 17.7 Å². The first-order valence-corrected chi connectivity index (χ1v) is 6.16. The molecule has 0 amide bonds. The maximum atomic E-state index is 8.87. The van der Waals surface area contributed by atoms with Crippen LogP contribution in [-0.2, 0) is 6.54 Å². The molecule has 0 aliphatic rings. The van der Waals surface area contributed by atoms with Gasteiger partial charge in [-0.05, 0) is 30.7 Å². The lowest BCUT2D eigenvalue weighted by Crippen LogP contribution is -2.16. The normalized spacial score (nSPS) is 9.95. The second-order valence-electron chi connectivity index (χ2n) is 4.73. The molecule has 2 aromatic carbocycles. The van der Waals surface area contributed by atoms with Crippen LogP contribution in [0.1, 0.15) is 16.7 Å². The van der Waals surface area contributed by atoms with E-state index < -0.39 is 0 Å². The number of aryl methyl sites for hydroxylation is 1. The second-order valence-corrected chi connectivity index (χ2v) is 4.73. The number of rotatable bonds is 3. The summed E-state index contributed by atoms with van der Waals surface area (Å²) in [4.78, 5) is 2.11. The summed E-state index contributed by atoms with van der Waals surface area (Å²) in [6, 6.07) is 16.1. The van der Waals surface area contributed by atoms with E-state index in [4.69, 9.17) is 11.0 Å². The van der Waals surface area contributed by atoms with Gasteiger partial charge in [0.1, 0.15) is 6.07 Å². The Bertz CT molecular complexity index is 609. The van der Waals surface area contributed by atoms with Crippen molar-refractivity contribution < 1.29 is 0 Å². The molecule has 0 aliphatic carbocycles. The summed E-state index contributed by atoms with van der Waals surface area (Å²) < 4.78 is 0. The summed E-state index contributed by atoms with van der Waals surface area (Å²) in [6.07, 6.45) is 0. The summed E-state index contributed by atoms with van der Waals surface area (Å²) in [5, 5.41) is 8.87. The Morgan fingerprint density at radius 3 is 2.42 bits per heavy atom. The Balaban J connectivity index is 2.16. The van der Waals surface area contributed by atoms with Crippen LogP contribution >= 0.6 is 0 Å². The first-order chi connectivity index (χ1) is 9.10. The highest BCUT2D eigenvalue weighted by Crippen LogP contribution is 2.21. The number of nitrogens with two attached hydrogens (primary N) is 1. The van der Waals surface area contributed by atoms with Crippen LogP contribution in [0, 0.1) is 18.3 Å². The fraction of sp³-hybridized carbons (Fsp3) is 0.188. The van der Waals surface area contributed by atoms with E-state index in [-0.39, 0.29) is 0 Å². The van der Waals surface area contributed by atoms with Crippen LogP contribution in [0.5, 0.6) is 0 Å². The van der Waals surface area contributed by atoms with Gasteiger partial charge < -0.3 is 10.6 Å². The number of benzene rings is 2. The molecule has 2 rings (SSSR count). The highest BCUT2D eigenvalue weighted by Gasteiger charge is 2.05. The third kappa shape index (κ3) is 3.05. The Morgan fingerprint density at radius 1 is 1.16 bits per heavy atom. The van der Waals surface area contributed by atoms with Gasteiger partial charge in [-0.15, -0.1) is 0 Å². The molecule has 0 unspecified atom stereocenters. The van der Waals surface area contributed by atoms with Crippen molar-refractivity contribution in [2.24, 2.45) is 0 Å². The molecule has 19 heavy (non-hydrogen) atoms. The van der Waals surface area contributed by atoms with Crippen molar-refractivity contribution >= 4 is 11.4 Å². The van der Waals surface area contributed by atoms with Crippen LogP contribution in [0.2, 0.25) is 0 Å². The van der Waals surface area contributed by atoms with Gasteiger partial charge in [0.2, 0.25) is 0 Å². The molecular formula is C16H17N3. The van der Waals surface area contributed by atoms with Gasteiger partial charge >= 0.3 is 0 Å². The van der Waals surface area contributed by atoms with Crippen LogP contribution in [-0.4, -0.2) is 7.05 Å². The minimum absolute atomic E-state index is 0.521. The van der Waals surface area contributed by atoms with Crippen molar-refractivity contribution in [1.29, 1.82) is 5.26 Å². The Labute approximate surface area is 113 Å². The van der Waals surface area contributed by atoms with Crippen molar-refractivity contribution in [1.82, 2.24) is 0 Å². The van der Waals surface area contributed by atoms with Crippen LogP contribution in [0.4, 0.5) is 11.4 Å². The zero-order chi connectivity index (χ0) is 13.8. The molecule has 0 fully saturated rings. The number of nitrogen functional groups attached to an aromatic ring is 1. The number of hydrogen-bond donors (Lipinski definition) is 1. The fourth-order valence-corrected chi connectivity index (χ4v) is 1.95. The first kappa shape index (κ1) is 13.0. The average molecular weight is 251 g/mol. The molecular weight excluding hydrogens is 234 g/mol. The number of nitrogens with zero attached hydrogens (tertiary/aromatic N) is 2. The zero-order valence-corrected chi connectivity index (χ0v) is 11.2. The summed E-state index contributed by atoms with van der Waals surface area (Å²) in [6.45, 7) is 2.89. The van der Waals surface area contributed by atoms with E-state index in [0.717, 1.165) is 12.2 Å². The molecule has 3 nitrogen and oxygen atoms in total. The maximum Gasteiger partial charge on any atom is 0.101 e. The van der Waals surface area contributed by atoms with Gasteiger partial charge in [0.25, 0.3) is 0 Å². The Hall–Kier alpha value is -2.47. The van der Waals surface area contributed by atoms with E-state index >= 15 is 0 Å². The van der Waals surface area contributed by atoms with Gasteiger partial charge in [0.15, 0.2) is 0 Å². The monoisotopic (exact) mass is 251 g/mol. The average Bonchev–Trinajstić information content (AvgIpc) is 2.41. The SMILES string of the molecule is Cc1ccc(CN(C)c2ccc(C#N)c(N)c2)cc1. The van der Waals surface area contributed by atoms with Gasteiger partial charge in [-0.2, -0.15) is 5.26 Å². The minimum atomic E-state index is 0.521. The van der Waals surface area contributed by atoms with Crippen molar-refractivity contribution in [3.8, 4) is 6.07 Å². The van der Waals surface area contributed by atoms with E-state index in [1.165, 1.54) is 11.1 Å². The van der Waals surface area contributed by atoms with Gasteiger partial charge in [-0.25, -0.2) is 0 Å². The molecule has 0 radical (unpaired) electrons. The molecule has 0 heterocycles. The largest absolute Gasteiger partial charge is 0.398 e. The van der Waals surface area contributed by atoms with E-state index in [2.05, 4.69) is 42.2 Å². The summed E-state index contributed by atoms with van der Waals surface area (Å²) in [5.41, 5.74) is 10.4. The zero-order valence-electron chi connectivity index (χ0n) is 11.2. The molecule has 0 aliphatic heterocycles. The Morgan fingerprint density at radius 2 is 1.84 bits per heavy atom. The summed E-state index contributed by atoms with van der Waals surface area (Å²) in [7, 11) is 2.01. The highest BCUT2D eigenvalue weighted by atomic mass is 15.1. The fourth-order valence-electron chi connectivity index (χ4n) is 1.95. The molecule has 2 aromatic rings. The van der Waals surface area contributed by atoms with E-state index in [0.29, 0.717) is 11.3 Å². The minimum Gasteiger partial charge on any atom is -0.398 e. The van der Waals surface area contributed by atoms with Crippen LogP contribution < -0.4 is 10.6 Å². The van der Waals surface area contributed by atoms with Gasteiger partial charge in [0.05, 0.1) is 11.3 Å². The molecule has 2 N–H and O–H groups in total. The number of hydrogen-bond acceptors (Lipinski definition) is 3. The topological polar surface area (TPSA) is 53.0 Å². The van der Waals surface area contributed by atoms with E-state index in [1.54, 1.807) is 6.07 Å². The standard InChI is InChI=1S/C16H17N3/c1-12-3-5-13(6-4-12)11-19(2)15-8-7-14(10-17)16(18)9-15/h3-9H,11,18H2,1-2H3. The maximum absolute atomic E-state index is 8.87. The molecule has 3 heteroatoms. The van der Waals surface area contributed by atoms with Gasteiger partial charge in [-0.3, -0.25) is 0 Å². The van der Waals surface area contributed by atoms with Crippen LogP contribution in [0.15, 0.2) is 42.5 Å². The lowest BCUT2D eigenvalue weighted by molar-refractivity contribution is 0.922. The Kier molecular flexibility index (Phi) is 3.72. The molecule has 0 spiro atoms. The molecule has 0 aromatic heterocycles. The third-order valence-corrected chi connectivity index (χ3v) is 3.14. The predicted molar refractivity (Wildman–Crippen MR) is 78.9 cm³/mol. The van der Waals surface area contributed by atoms with Crippen molar-refractivity contribution in [3.05, 3.63) is 59.2 Å². The molecule has 0 saturated carbocycles. The van der Waals surface area contributed by atoms with Crippen LogP contribution in [0.3, 0.4) is 0 Å². The highest BCUT2D eigenvalue weighted by molar-refractivity contribution is 5.63. The van der Waals surface area contributed by atoms with Crippen LogP contribution in [0.25, 0.3) is 0 Å². The van der Waals surface area contributed by atoms with Gasteiger partial charge in [-0.1, -0.05) is 29.8 Å². The smallest absolute Gasteiger partial charge is 0.101 e. The summed E-state index contributed by atoms with van der Waals surface area (Å²) in [5.74, 6) is 0. The van der Waals surface area contributed by atoms with E-state index in [9.17, 15) is 0 Å². The predicted octanol–water partition coefficient (Wildman–Crippen LogP) is 3.09. The number of anilines is 2. The molecule has 96 valence electrons. The molecule has 0 bridgehead atoms. The van der Waals surface area contributed by atoms with Crippen molar-refractivity contribution in [2.45, 2.75) is 13.5 Å². The lowest BCUT2D eigenvalue weighted by Gasteiger charge is -2.20. The van der Waals surface area contributed by atoms with E-state index in [1.807, 2.05) is 19.2 Å². The summed E-state index contributed by atoms with van der Waals surface area (Å²) >= 11 is 0. The molecule has 0 atom stereocenters. The lowest BCUT2D eigenvalue weighted by atomic mass is 10.1. The first-order valence-electron chi connectivity index (χ1n) is 6.16. The third-order valence-electron chi connectivity index (χ3n) is 3.14. The van der Waals surface area contributed by atoms with Gasteiger partial charge in [0, 0.05) is 19.3 Å². The quantitative estimate of drug-likeness (QED) is 0.853. The second kappa shape index (κ2) is 5.45. The van der Waals surface area contributed by atoms with Crippen molar-refractivity contribution in [3.63, 3.8) is 0 Å². The molecule has 0 saturated heterocycles. The number of nitriles is 1.